The second kappa shape index (κ2) is 6.59. The third-order valence-electron chi connectivity index (χ3n) is 2.57. The highest BCUT2D eigenvalue weighted by Crippen LogP contribution is 2.20. The van der Waals surface area contributed by atoms with Gasteiger partial charge in [0.25, 0.3) is 0 Å². The summed E-state index contributed by atoms with van der Waals surface area (Å²) in [6, 6.07) is 8.58. The molecule has 0 fully saturated rings. The Morgan fingerprint density at radius 3 is 2.60 bits per heavy atom. The second-order valence-electron chi connectivity index (χ2n) is 3.91. The normalized spacial score (nSPS) is 10.2. The first-order chi connectivity index (χ1) is 9.60. The summed E-state index contributed by atoms with van der Waals surface area (Å²) in [6.45, 7) is 0.138. The molecule has 1 aromatic carbocycles. The first-order valence-electron chi connectivity index (χ1n) is 5.71. The van der Waals surface area contributed by atoms with Crippen molar-refractivity contribution in [3.8, 4) is 5.75 Å². The Morgan fingerprint density at radius 2 is 1.95 bits per heavy atom. The number of benzene rings is 1. The van der Waals surface area contributed by atoms with Crippen molar-refractivity contribution in [2.24, 2.45) is 0 Å². The molecule has 104 valence electrons. The Kier molecular flexibility index (Phi) is 4.82. The van der Waals surface area contributed by atoms with Crippen LogP contribution in [0, 0.1) is 0 Å². The number of hydrogen-bond acceptors (Lipinski definition) is 4. The lowest BCUT2D eigenvalue weighted by Gasteiger charge is -2.07. The molecular formula is C14H11Cl2NO3. The summed E-state index contributed by atoms with van der Waals surface area (Å²) >= 11 is 11.6. The van der Waals surface area contributed by atoms with Gasteiger partial charge in [-0.25, -0.2) is 9.78 Å². The van der Waals surface area contributed by atoms with Crippen LogP contribution in [-0.4, -0.2) is 18.1 Å². The zero-order chi connectivity index (χ0) is 14.5. The minimum Gasteiger partial charge on any atom is -0.497 e. The molecule has 20 heavy (non-hydrogen) atoms. The van der Waals surface area contributed by atoms with Gasteiger partial charge in [0.2, 0.25) is 0 Å². The predicted octanol–water partition coefficient (Wildman–Crippen LogP) is 3.75. The molecule has 0 unspecified atom stereocenters. The van der Waals surface area contributed by atoms with E-state index in [0.29, 0.717) is 0 Å². The Labute approximate surface area is 126 Å². The summed E-state index contributed by atoms with van der Waals surface area (Å²) < 4.78 is 10.2. The van der Waals surface area contributed by atoms with Crippen LogP contribution in [0.5, 0.6) is 5.75 Å². The molecule has 0 spiro atoms. The number of methoxy groups -OCH3 is 1. The number of halogens is 2. The SMILES string of the molecule is COc1ccc(COC(=O)c2cc(Cl)ncc2Cl)cc1. The van der Waals surface area contributed by atoms with Crippen molar-refractivity contribution in [1.29, 1.82) is 0 Å². The second-order valence-corrected chi connectivity index (χ2v) is 4.71. The van der Waals surface area contributed by atoms with Gasteiger partial charge < -0.3 is 9.47 Å². The molecule has 0 N–H and O–H groups in total. The molecule has 0 amide bonds. The van der Waals surface area contributed by atoms with Gasteiger partial charge in [0, 0.05) is 6.20 Å². The summed E-state index contributed by atoms with van der Waals surface area (Å²) in [5.41, 5.74) is 1.04. The maximum absolute atomic E-state index is 11.9. The van der Waals surface area contributed by atoms with Crippen LogP contribution >= 0.6 is 23.2 Å². The van der Waals surface area contributed by atoms with Crippen LogP contribution in [-0.2, 0) is 11.3 Å². The number of pyridine rings is 1. The molecule has 6 heteroatoms. The summed E-state index contributed by atoms with van der Waals surface area (Å²) in [7, 11) is 1.59. The molecule has 0 aliphatic carbocycles. The lowest BCUT2D eigenvalue weighted by atomic mass is 10.2. The summed E-state index contributed by atoms with van der Waals surface area (Å²) in [6.07, 6.45) is 1.31. The van der Waals surface area contributed by atoms with Gasteiger partial charge >= 0.3 is 5.97 Å². The Hall–Kier alpha value is -1.78. The molecule has 0 radical (unpaired) electrons. The van der Waals surface area contributed by atoms with E-state index in [9.17, 15) is 4.79 Å². The molecule has 0 bridgehead atoms. The minimum atomic E-state index is -0.546. The van der Waals surface area contributed by atoms with E-state index in [4.69, 9.17) is 32.7 Å². The average molecular weight is 312 g/mol. The Balaban J connectivity index is 2.02. The summed E-state index contributed by atoms with van der Waals surface area (Å²) in [5.74, 6) is 0.194. The van der Waals surface area contributed by atoms with Crippen molar-refractivity contribution < 1.29 is 14.3 Å². The number of carbonyl (C=O) groups is 1. The maximum Gasteiger partial charge on any atom is 0.340 e. The molecular weight excluding hydrogens is 301 g/mol. The highest BCUT2D eigenvalue weighted by Gasteiger charge is 2.13. The largest absolute Gasteiger partial charge is 0.497 e. The van der Waals surface area contributed by atoms with Crippen molar-refractivity contribution in [2.75, 3.05) is 7.11 Å². The Bertz CT molecular complexity index is 614. The first-order valence-corrected chi connectivity index (χ1v) is 6.47. The molecule has 4 nitrogen and oxygen atoms in total. The van der Waals surface area contributed by atoms with Gasteiger partial charge in [-0.2, -0.15) is 0 Å². The highest BCUT2D eigenvalue weighted by atomic mass is 35.5. The van der Waals surface area contributed by atoms with Gasteiger partial charge in [-0.05, 0) is 23.8 Å². The van der Waals surface area contributed by atoms with Gasteiger partial charge in [-0.15, -0.1) is 0 Å². The van der Waals surface area contributed by atoms with Crippen LogP contribution < -0.4 is 4.74 Å². The van der Waals surface area contributed by atoms with Crippen LogP contribution in [0.1, 0.15) is 15.9 Å². The lowest BCUT2D eigenvalue weighted by molar-refractivity contribution is 0.0473. The molecule has 0 saturated heterocycles. The van der Waals surface area contributed by atoms with Gasteiger partial charge in [0.1, 0.15) is 17.5 Å². The maximum atomic E-state index is 11.9. The summed E-state index contributed by atoms with van der Waals surface area (Å²) in [5, 5.41) is 0.389. The van der Waals surface area contributed by atoms with E-state index in [1.807, 2.05) is 12.1 Å². The first kappa shape index (κ1) is 14.6. The van der Waals surface area contributed by atoms with Crippen molar-refractivity contribution in [2.45, 2.75) is 6.61 Å². The van der Waals surface area contributed by atoms with Crippen LogP contribution in [0.4, 0.5) is 0 Å². The third-order valence-corrected chi connectivity index (χ3v) is 3.08. The van der Waals surface area contributed by atoms with Crippen LogP contribution in [0.15, 0.2) is 36.5 Å². The van der Waals surface area contributed by atoms with Gasteiger partial charge in [-0.1, -0.05) is 35.3 Å². The van der Waals surface area contributed by atoms with E-state index < -0.39 is 5.97 Å². The number of rotatable bonds is 4. The van der Waals surface area contributed by atoms with E-state index in [1.165, 1.54) is 12.3 Å². The van der Waals surface area contributed by atoms with Crippen molar-refractivity contribution >= 4 is 29.2 Å². The number of carbonyl (C=O) groups excluding carboxylic acids is 1. The van der Waals surface area contributed by atoms with Gasteiger partial charge in [0.15, 0.2) is 0 Å². The van der Waals surface area contributed by atoms with Gasteiger partial charge in [0.05, 0.1) is 17.7 Å². The number of aromatic nitrogens is 1. The van der Waals surface area contributed by atoms with E-state index in [-0.39, 0.29) is 22.3 Å². The highest BCUT2D eigenvalue weighted by molar-refractivity contribution is 6.34. The molecule has 2 aromatic rings. The predicted molar refractivity (Wildman–Crippen MR) is 76.4 cm³/mol. The zero-order valence-electron chi connectivity index (χ0n) is 10.6. The van der Waals surface area contributed by atoms with Crippen LogP contribution in [0.3, 0.4) is 0 Å². The van der Waals surface area contributed by atoms with Crippen LogP contribution in [0.25, 0.3) is 0 Å². The quantitative estimate of drug-likeness (QED) is 0.637. The van der Waals surface area contributed by atoms with Gasteiger partial charge in [-0.3, -0.25) is 0 Å². The summed E-state index contributed by atoms with van der Waals surface area (Å²) in [4.78, 5) is 15.7. The molecule has 0 aliphatic heterocycles. The molecule has 0 saturated carbocycles. The molecule has 2 rings (SSSR count). The third kappa shape index (κ3) is 3.62. The van der Waals surface area contributed by atoms with E-state index in [1.54, 1.807) is 19.2 Å². The minimum absolute atomic E-state index is 0.138. The standard InChI is InChI=1S/C14H11Cl2NO3/c1-19-10-4-2-9(3-5-10)8-20-14(18)11-6-13(16)17-7-12(11)15/h2-7H,8H2,1H3. The fourth-order valence-electron chi connectivity index (χ4n) is 1.52. The van der Waals surface area contributed by atoms with E-state index in [0.717, 1.165) is 11.3 Å². The topological polar surface area (TPSA) is 48.4 Å². The smallest absolute Gasteiger partial charge is 0.340 e. The monoisotopic (exact) mass is 311 g/mol. The van der Waals surface area contributed by atoms with Crippen molar-refractivity contribution in [1.82, 2.24) is 4.98 Å². The van der Waals surface area contributed by atoms with E-state index in [2.05, 4.69) is 4.98 Å². The number of ether oxygens (including phenoxy) is 2. The van der Waals surface area contributed by atoms with E-state index >= 15 is 0 Å². The molecule has 0 atom stereocenters. The van der Waals surface area contributed by atoms with Crippen molar-refractivity contribution in [3.63, 3.8) is 0 Å². The average Bonchev–Trinajstić information content (AvgIpc) is 2.47. The Morgan fingerprint density at radius 1 is 1.25 bits per heavy atom. The lowest BCUT2D eigenvalue weighted by Crippen LogP contribution is -2.06. The number of nitrogens with zero attached hydrogens (tertiary/aromatic N) is 1. The molecule has 1 heterocycles. The van der Waals surface area contributed by atoms with Crippen LogP contribution in [0.2, 0.25) is 10.2 Å². The molecule has 0 aliphatic rings. The molecule has 1 aromatic heterocycles. The number of esters is 1. The zero-order valence-corrected chi connectivity index (χ0v) is 12.1. The fraction of sp³-hybridized carbons (Fsp3) is 0.143. The fourth-order valence-corrected chi connectivity index (χ4v) is 1.86. The van der Waals surface area contributed by atoms with Crippen molar-refractivity contribution in [3.05, 3.63) is 57.8 Å². The number of hydrogen-bond donors (Lipinski definition) is 0.